The number of ether oxygens (including phenoxy) is 1. The van der Waals surface area contributed by atoms with Gasteiger partial charge in [-0.05, 0) is 19.9 Å². The van der Waals surface area contributed by atoms with Crippen LogP contribution in [-0.2, 0) is 16.1 Å². The van der Waals surface area contributed by atoms with Gasteiger partial charge >= 0.3 is 5.97 Å². The Balaban J connectivity index is 2.11. The number of aliphatic hydroxyl groups is 1. The van der Waals surface area contributed by atoms with Crippen molar-refractivity contribution >= 4 is 5.97 Å². The Bertz CT molecular complexity index is 440. The number of furan rings is 1. The molecule has 5 heteroatoms. The van der Waals surface area contributed by atoms with E-state index in [0.29, 0.717) is 19.5 Å². The van der Waals surface area contributed by atoms with E-state index in [1.807, 2.05) is 24.8 Å². The maximum Gasteiger partial charge on any atom is 0.323 e. The van der Waals surface area contributed by atoms with Gasteiger partial charge in [-0.3, -0.25) is 9.69 Å². The standard InChI is InChI=1S/C13H19NO4/c1-8-4-10(9(2)18-8)6-14-7-11(15)5-12(14)13(16)17-3/h4,11-12,15H,5-7H2,1-3H3. The number of hydrogen-bond acceptors (Lipinski definition) is 5. The molecule has 2 rings (SSSR count). The highest BCUT2D eigenvalue weighted by atomic mass is 16.5. The van der Waals surface area contributed by atoms with E-state index >= 15 is 0 Å². The highest BCUT2D eigenvalue weighted by Gasteiger charge is 2.36. The van der Waals surface area contributed by atoms with Crippen LogP contribution in [0.15, 0.2) is 10.5 Å². The summed E-state index contributed by atoms with van der Waals surface area (Å²) in [6.45, 7) is 4.89. The number of β-amino-alcohol motifs (C(OH)–C–C–N with tert-alkyl or cyclic N) is 1. The van der Waals surface area contributed by atoms with Crippen molar-refractivity contribution in [2.45, 2.75) is 39.0 Å². The molecule has 18 heavy (non-hydrogen) atoms. The summed E-state index contributed by atoms with van der Waals surface area (Å²) in [5.41, 5.74) is 1.05. The lowest BCUT2D eigenvalue weighted by atomic mass is 10.2. The molecule has 100 valence electrons. The summed E-state index contributed by atoms with van der Waals surface area (Å²) in [5.74, 6) is 1.43. The second-order valence-electron chi connectivity index (χ2n) is 4.80. The average molecular weight is 253 g/mol. The Morgan fingerprint density at radius 1 is 1.61 bits per heavy atom. The van der Waals surface area contributed by atoms with Crippen LogP contribution < -0.4 is 0 Å². The highest BCUT2D eigenvalue weighted by molar-refractivity contribution is 5.76. The lowest BCUT2D eigenvalue weighted by Gasteiger charge is -2.21. The summed E-state index contributed by atoms with van der Waals surface area (Å²) in [4.78, 5) is 13.6. The van der Waals surface area contributed by atoms with E-state index in [1.54, 1.807) is 0 Å². The van der Waals surface area contributed by atoms with E-state index in [1.165, 1.54) is 7.11 Å². The molecule has 1 aromatic rings. The third-order valence-electron chi connectivity index (χ3n) is 3.37. The first-order valence-electron chi connectivity index (χ1n) is 6.07. The predicted molar refractivity (Wildman–Crippen MR) is 65.0 cm³/mol. The van der Waals surface area contributed by atoms with Gasteiger partial charge in [-0.1, -0.05) is 0 Å². The fourth-order valence-electron chi connectivity index (χ4n) is 2.49. The van der Waals surface area contributed by atoms with Crippen LogP contribution in [0.5, 0.6) is 0 Å². The molecule has 0 aromatic carbocycles. The maximum absolute atomic E-state index is 11.7. The minimum absolute atomic E-state index is 0.288. The first-order chi connectivity index (χ1) is 8.51. The van der Waals surface area contributed by atoms with Crippen molar-refractivity contribution in [2.75, 3.05) is 13.7 Å². The number of carbonyl (C=O) groups excluding carboxylic acids is 1. The monoisotopic (exact) mass is 253 g/mol. The fourth-order valence-corrected chi connectivity index (χ4v) is 2.49. The van der Waals surface area contributed by atoms with E-state index in [0.717, 1.165) is 17.1 Å². The number of methoxy groups -OCH3 is 1. The number of hydrogen-bond donors (Lipinski definition) is 1. The zero-order valence-corrected chi connectivity index (χ0v) is 11.0. The number of likely N-dealkylation sites (tertiary alicyclic amines) is 1. The van der Waals surface area contributed by atoms with Crippen molar-refractivity contribution in [1.82, 2.24) is 4.90 Å². The topological polar surface area (TPSA) is 62.9 Å². The zero-order chi connectivity index (χ0) is 13.3. The quantitative estimate of drug-likeness (QED) is 0.814. The van der Waals surface area contributed by atoms with Crippen LogP contribution >= 0.6 is 0 Å². The van der Waals surface area contributed by atoms with Crippen LogP contribution in [0.1, 0.15) is 23.5 Å². The Labute approximate surface area is 106 Å². The molecule has 1 fully saturated rings. The Kier molecular flexibility index (Phi) is 3.73. The molecule has 0 spiro atoms. The van der Waals surface area contributed by atoms with Crippen molar-refractivity contribution in [3.63, 3.8) is 0 Å². The second-order valence-corrected chi connectivity index (χ2v) is 4.80. The number of aliphatic hydroxyl groups excluding tert-OH is 1. The van der Waals surface area contributed by atoms with Crippen LogP contribution in [0.25, 0.3) is 0 Å². The van der Waals surface area contributed by atoms with Gasteiger partial charge in [0.05, 0.1) is 13.2 Å². The molecule has 2 unspecified atom stereocenters. The summed E-state index contributed by atoms with van der Waals surface area (Å²) in [5, 5.41) is 9.69. The molecule has 2 heterocycles. The van der Waals surface area contributed by atoms with Crippen molar-refractivity contribution in [3.05, 3.63) is 23.2 Å². The van der Waals surface area contributed by atoms with Crippen LogP contribution in [0.4, 0.5) is 0 Å². The van der Waals surface area contributed by atoms with Gasteiger partial charge in [0.1, 0.15) is 17.6 Å². The predicted octanol–water partition coefficient (Wildman–Crippen LogP) is 1.00. The highest BCUT2D eigenvalue weighted by Crippen LogP contribution is 2.24. The smallest absolute Gasteiger partial charge is 0.323 e. The largest absolute Gasteiger partial charge is 0.468 e. The van der Waals surface area contributed by atoms with Gasteiger partial charge in [0.15, 0.2) is 0 Å². The van der Waals surface area contributed by atoms with Gasteiger partial charge in [0.25, 0.3) is 0 Å². The molecule has 1 aromatic heterocycles. The molecule has 0 aliphatic carbocycles. The number of rotatable bonds is 3. The number of nitrogens with zero attached hydrogens (tertiary/aromatic N) is 1. The number of carbonyl (C=O) groups is 1. The lowest BCUT2D eigenvalue weighted by molar-refractivity contribution is -0.146. The summed E-state index contributed by atoms with van der Waals surface area (Å²) < 4.78 is 10.2. The minimum atomic E-state index is -0.470. The SMILES string of the molecule is COC(=O)C1CC(O)CN1Cc1cc(C)oc1C. The maximum atomic E-state index is 11.7. The van der Waals surface area contributed by atoms with Gasteiger partial charge in [-0.15, -0.1) is 0 Å². The van der Waals surface area contributed by atoms with Gasteiger partial charge in [0.2, 0.25) is 0 Å². The third kappa shape index (κ3) is 2.57. The summed E-state index contributed by atoms with van der Waals surface area (Å²) in [6.07, 6.45) is -0.0369. The van der Waals surface area contributed by atoms with Crippen LogP contribution in [0, 0.1) is 13.8 Å². The van der Waals surface area contributed by atoms with Crippen molar-refractivity contribution in [3.8, 4) is 0 Å². The van der Waals surface area contributed by atoms with E-state index in [9.17, 15) is 9.90 Å². The molecule has 0 radical (unpaired) electrons. The van der Waals surface area contributed by atoms with Crippen LogP contribution in [0.2, 0.25) is 0 Å². The molecule has 1 saturated heterocycles. The molecule has 5 nitrogen and oxygen atoms in total. The molecular weight excluding hydrogens is 234 g/mol. The summed E-state index contributed by atoms with van der Waals surface area (Å²) in [6, 6.07) is 1.61. The number of aryl methyl sites for hydroxylation is 2. The molecule has 0 bridgehead atoms. The average Bonchev–Trinajstić information content (AvgIpc) is 2.82. The molecular formula is C13H19NO4. The first kappa shape index (κ1) is 13.1. The van der Waals surface area contributed by atoms with E-state index in [-0.39, 0.29) is 12.0 Å². The summed E-state index contributed by atoms with van der Waals surface area (Å²) in [7, 11) is 1.37. The Morgan fingerprint density at radius 3 is 2.89 bits per heavy atom. The van der Waals surface area contributed by atoms with Crippen molar-refractivity contribution < 1.29 is 19.1 Å². The molecule has 2 atom stereocenters. The minimum Gasteiger partial charge on any atom is -0.468 e. The first-order valence-corrected chi connectivity index (χ1v) is 6.07. The molecule has 0 amide bonds. The molecule has 1 aliphatic heterocycles. The van der Waals surface area contributed by atoms with E-state index in [4.69, 9.17) is 9.15 Å². The van der Waals surface area contributed by atoms with Gasteiger partial charge in [0, 0.05) is 25.1 Å². The second kappa shape index (κ2) is 5.12. The zero-order valence-electron chi connectivity index (χ0n) is 11.0. The summed E-state index contributed by atoms with van der Waals surface area (Å²) >= 11 is 0. The molecule has 1 N–H and O–H groups in total. The van der Waals surface area contributed by atoms with Gasteiger partial charge < -0.3 is 14.3 Å². The third-order valence-corrected chi connectivity index (χ3v) is 3.37. The van der Waals surface area contributed by atoms with Crippen molar-refractivity contribution in [2.24, 2.45) is 0 Å². The Morgan fingerprint density at radius 2 is 2.33 bits per heavy atom. The van der Waals surface area contributed by atoms with Gasteiger partial charge in [-0.25, -0.2) is 0 Å². The van der Waals surface area contributed by atoms with E-state index in [2.05, 4.69) is 0 Å². The van der Waals surface area contributed by atoms with Crippen LogP contribution in [-0.4, -0.2) is 41.8 Å². The van der Waals surface area contributed by atoms with E-state index < -0.39 is 6.10 Å². The Hall–Kier alpha value is -1.33. The van der Waals surface area contributed by atoms with Crippen molar-refractivity contribution in [1.29, 1.82) is 0 Å². The van der Waals surface area contributed by atoms with Crippen LogP contribution in [0.3, 0.4) is 0 Å². The lowest BCUT2D eigenvalue weighted by Crippen LogP contribution is -2.36. The molecule has 0 saturated carbocycles. The fraction of sp³-hybridized carbons (Fsp3) is 0.615. The number of esters is 1. The molecule has 1 aliphatic rings. The normalized spacial score (nSPS) is 24.4. The van der Waals surface area contributed by atoms with Gasteiger partial charge in [-0.2, -0.15) is 0 Å².